The highest BCUT2D eigenvalue weighted by atomic mass is 32.2. The summed E-state index contributed by atoms with van der Waals surface area (Å²) in [6, 6.07) is -0.557. The number of nitrogens with zero attached hydrogens (tertiary/aromatic N) is 2. The Morgan fingerprint density at radius 2 is 1.92 bits per heavy atom. The van der Waals surface area contributed by atoms with Crippen LogP contribution in [0.3, 0.4) is 0 Å². The lowest BCUT2D eigenvalue weighted by Crippen LogP contribution is -2.43. The van der Waals surface area contributed by atoms with Crippen LogP contribution >= 0.6 is 0 Å². The van der Waals surface area contributed by atoms with E-state index < -0.39 is 33.2 Å². The minimum Gasteiger partial charge on any atom is -0.465 e. The van der Waals surface area contributed by atoms with Crippen LogP contribution in [0.2, 0.25) is 0 Å². The number of carbonyl (C=O) groups is 2. The zero-order valence-corrected chi connectivity index (χ0v) is 16.2. The molecule has 0 unspecified atom stereocenters. The number of aromatic nitrogens is 1. The molecule has 1 fully saturated rings. The minimum atomic E-state index is -3.17. The lowest BCUT2D eigenvalue weighted by molar-refractivity contribution is 0.0598. The third-order valence-corrected chi connectivity index (χ3v) is 6.28. The number of esters is 1. The van der Waals surface area contributed by atoms with E-state index in [1.54, 1.807) is 11.5 Å². The summed E-state index contributed by atoms with van der Waals surface area (Å²) < 4.78 is 29.7. The Balaban J connectivity index is 2.51. The van der Waals surface area contributed by atoms with Gasteiger partial charge >= 0.3 is 5.97 Å². The zero-order valence-electron chi connectivity index (χ0n) is 15.4. The summed E-state index contributed by atoms with van der Waals surface area (Å²) in [5.74, 6) is -1.47. The summed E-state index contributed by atoms with van der Waals surface area (Å²) >= 11 is 0. The van der Waals surface area contributed by atoms with Gasteiger partial charge in [0.25, 0.3) is 5.91 Å². The first kappa shape index (κ1) is 20.2. The fraction of sp³-hybridized carbons (Fsp3) is 0.588. The Kier molecular flexibility index (Phi) is 5.90. The molecule has 9 heteroatoms. The van der Waals surface area contributed by atoms with Gasteiger partial charge in [-0.15, -0.1) is 0 Å². The number of methoxy groups -OCH3 is 1. The molecule has 144 valence electrons. The van der Waals surface area contributed by atoms with Gasteiger partial charge in [0.1, 0.15) is 11.1 Å². The van der Waals surface area contributed by atoms with E-state index in [1.165, 1.54) is 17.3 Å². The van der Waals surface area contributed by atoms with E-state index in [0.717, 1.165) is 7.11 Å². The molecule has 8 nitrogen and oxygen atoms in total. The van der Waals surface area contributed by atoms with Gasteiger partial charge in [-0.3, -0.25) is 9.59 Å². The van der Waals surface area contributed by atoms with Crippen molar-refractivity contribution in [3.63, 3.8) is 0 Å². The average Bonchev–Trinajstić information content (AvgIpc) is 2.94. The van der Waals surface area contributed by atoms with Crippen LogP contribution < -0.4 is 5.43 Å². The van der Waals surface area contributed by atoms with Gasteiger partial charge in [-0.05, 0) is 27.2 Å². The van der Waals surface area contributed by atoms with Crippen molar-refractivity contribution in [2.24, 2.45) is 0 Å². The van der Waals surface area contributed by atoms with E-state index in [-0.39, 0.29) is 35.2 Å². The van der Waals surface area contributed by atoms with Crippen LogP contribution in [0.1, 0.15) is 53.9 Å². The third-order valence-electron chi connectivity index (χ3n) is 4.53. The lowest BCUT2D eigenvalue weighted by Gasteiger charge is -2.27. The molecule has 0 aromatic carbocycles. The van der Waals surface area contributed by atoms with Crippen molar-refractivity contribution in [3.8, 4) is 0 Å². The topological polar surface area (TPSA) is 103 Å². The highest BCUT2D eigenvalue weighted by Gasteiger charge is 2.35. The molecule has 0 radical (unpaired) electrons. The maximum absolute atomic E-state index is 13.0. The van der Waals surface area contributed by atoms with E-state index in [9.17, 15) is 22.8 Å². The number of ether oxygens (including phenoxy) is 1. The van der Waals surface area contributed by atoms with Crippen LogP contribution in [0.4, 0.5) is 0 Å². The summed E-state index contributed by atoms with van der Waals surface area (Å²) in [5.41, 5.74) is -1.09. The molecular weight excluding hydrogens is 360 g/mol. The molecule has 1 atom stereocenters. The van der Waals surface area contributed by atoms with E-state index in [1.807, 2.05) is 13.8 Å². The van der Waals surface area contributed by atoms with Gasteiger partial charge < -0.3 is 14.2 Å². The van der Waals surface area contributed by atoms with Crippen LogP contribution in [-0.4, -0.2) is 61.0 Å². The fourth-order valence-corrected chi connectivity index (χ4v) is 4.78. The molecule has 0 aliphatic carbocycles. The van der Waals surface area contributed by atoms with Crippen molar-refractivity contribution in [2.45, 2.75) is 39.3 Å². The molecule has 26 heavy (non-hydrogen) atoms. The molecule has 2 heterocycles. The number of carbonyl (C=O) groups excluding carboxylic acids is 2. The number of pyridine rings is 1. The van der Waals surface area contributed by atoms with Crippen molar-refractivity contribution in [1.82, 2.24) is 9.47 Å². The summed E-state index contributed by atoms with van der Waals surface area (Å²) in [6.45, 7) is 5.69. The van der Waals surface area contributed by atoms with E-state index >= 15 is 0 Å². The molecule has 2 rings (SSSR count). The van der Waals surface area contributed by atoms with E-state index in [2.05, 4.69) is 4.74 Å². The van der Waals surface area contributed by atoms with E-state index in [0.29, 0.717) is 6.42 Å². The number of hydrogen-bond acceptors (Lipinski definition) is 6. The first-order chi connectivity index (χ1) is 12.1. The van der Waals surface area contributed by atoms with Crippen LogP contribution in [-0.2, 0) is 14.6 Å². The summed E-state index contributed by atoms with van der Waals surface area (Å²) in [4.78, 5) is 39.0. The summed E-state index contributed by atoms with van der Waals surface area (Å²) in [7, 11) is -2.01. The van der Waals surface area contributed by atoms with Gasteiger partial charge in [-0.2, -0.15) is 0 Å². The Morgan fingerprint density at radius 1 is 1.31 bits per heavy atom. The maximum atomic E-state index is 13.0. The Morgan fingerprint density at radius 3 is 2.38 bits per heavy atom. The van der Waals surface area contributed by atoms with Crippen LogP contribution in [0.5, 0.6) is 0 Å². The standard InChI is InChI=1S/C17H24N2O6S/c1-5-19(12-6-7-26(23,24)10-12)16(21)13-8-18(11(2)3)9-14(15(13)20)17(22)25-4/h8-9,11-12H,5-7,10H2,1-4H3/t12-/m0/s1. The third kappa shape index (κ3) is 3.98. The number of hydrogen-bond donors (Lipinski definition) is 0. The Labute approximate surface area is 152 Å². The molecule has 0 spiro atoms. The predicted molar refractivity (Wildman–Crippen MR) is 96.2 cm³/mol. The van der Waals surface area contributed by atoms with Crippen molar-refractivity contribution in [3.05, 3.63) is 33.7 Å². The monoisotopic (exact) mass is 384 g/mol. The Hall–Kier alpha value is -2.16. The van der Waals surface area contributed by atoms with E-state index in [4.69, 9.17) is 0 Å². The smallest absolute Gasteiger partial charge is 0.343 e. The van der Waals surface area contributed by atoms with Gasteiger partial charge in [-0.25, -0.2) is 13.2 Å². The summed E-state index contributed by atoms with van der Waals surface area (Å²) in [6.07, 6.45) is 3.12. The second-order valence-corrected chi connectivity index (χ2v) is 8.82. The van der Waals surface area contributed by atoms with Gasteiger partial charge in [0.2, 0.25) is 5.43 Å². The second kappa shape index (κ2) is 7.61. The predicted octanol–water partition coefficient (Wildman–Crippen LogP) is 0.865. The maximum Gasteiger partial charge on any atom is 0.343 e. The SMILES string of the molecule is CCN(C(=O)c1cn(C(C)C)cc(C(=O)OC)c1=O)[C@H]1CCS(=O)(=O)C1. The van der Waals surface area contributed by atoms with Crippen LogP contribution in [0, 0.1) is 0 Å². The quantitative estimate of drug-likeness (QED) is 0.698. The first-order valence-corrected chi connectivity index (χ1v) is 10.3. The van der Waals surface area contributed by atoms with Gasteiger partial charge in [0.15, 0.2) is 9.84 Å². The largest absolute Gasteiger partial charge is 0.465 e. The number of sulfone groups is 1. The minimum absolute atomic E-state index is 0.0277. The molecule has 1 amide bonds. The van der Waals surface area contributed by atoms with Gasteiger partial charge in [-0.1, -0.05) is 0 Å². The highest BCUT2D eigenvalue weighted by molar-refractivity contribution is 7.91. The fourth-order valence-electron chi connectivity index (χ4n) is 3.05. The molecular formula is C17H24N2O6S. The van der Waals surface area contributed by atoms with Crippen molar-refractivity contribution < 1.29 is 22.7 Å². The number of amides is 1. The molecule has 1 aliphatic heterocycles. The van der Waals surface area contributed by atoms with Crippen molar-refractivity contribution >= 4 is 21.7 Å². The first-order valence-electron chi connectivity index (χ1n) is 8.46. The molecule has 1 saturated heterocycles. The molecule has 1 aliphatic rings. The molecule has 1 aromatic rings. The number of rotatable bonds is 5. The van der Waals surface area contributed by atoms with Gasteiger partial charge in [0, 0.05) is 31.0 Å². The van der Waals surface area contributed by atoms with Gasteiger partial charge in [0.05, 0.1) is 18.6 Å². The lowest BCUT2D eigenvalue weighted by atomic mass is 10.1. The van der Waals surface area contributed by atoms with Crippen LogP contribution in [0.25, 0.3) is 0 Å². The molecule has 1 aromatic heterocycles. The normalized spacial score (nSPS) is 18.7. The molecule has 0 N–H and O–H groups in total. The second-order valence-electron chi connectivity index (χ2n) is 6.60. The highest BCUT2D eigenvalue weighted by Crippen LogP contribution is 2.20. The Bertz CT molecular complexity index is 872. The van der Waals surface area contributed by atoms with Crippen LogP contribution in [0.15, 0.2) is 17.2 Å². The van der Waals surface area contributed by atoms with Crippen molar-refractivity contribution in [1.29, 1.82) is 0 Å². The van der Waals surface area contributed by atoms with Crippen molar-refractivity contribution in [2.75, 3.05) is 25.2 Å². The molecule has 0 bridgehead atoms. The average molecular weight is 384 g/mol. The summed E-state index contributed by atoms with van der Waals surface area (Å²) in [5, 5.41) is 0. The zero-order chi connectivity index (χ0) is 19.6. The molecule has 0 saturated carbocycles.